The molecule has 57 heavy (non-hydrogen) atoms. The van der Waals surface area contributed by atoms with Crippen molar-refractivity contribution in [2.24, 2.45) is 0 Å². The van der Waals surface area contributed by atoms with Crippen LogP contribution in [0.1, 0.15) is 252 Å². The molecule has 3 N–H and O–H groups in total. The van der Waals surface area contributed by atoms with Gasteiger partial charge in [-0.2, -0.15) is 0 Å². The van der Waals surface area contributed by atoms with Crippen LogP contribution in [0.3, 0.4) is 0 Å². The van der Waals surface area contributed by atoms with E-state index < -0.39 is 18.2 Å². The summed E-state index contributed by atoms with van der Waals surface area (Å²) in [7, 11) is 0. The Bertz CT molecular complexity index is 946. The van der Waals surface area contributed by atoms with Gasteiger partial charge in [-0.25, -0.2) is 0 Å². The minimum atomic E-state index is -0.790. The molecule has 0 aliphatic carbocycles. The normalized spacial score (nSPS) is 13.6. The third kappa shape index (κ3) is 40.6. The molecular weight excluding hydrogens is 707 g/mol. The summed E-state index contributed by atoms with van der Waals surface area (Å²) < 4.78 is 5.89. The monoisotopic (exact) mass is 802 g/mol. The van der Waals surface area contributed by atoms with Crippen molar-refractivity contribution >= 4 is 11.9 Å². The van der Waals surface area contributed by atoms with E-state index in [1.54, 1.807) is 0 Å². The van der Waals surface area contributed by atoms with Crippen LogP contribution in [0, 0.1) is 0 Å². The fourth-order valence-electron chi connectivity index (χ4n) is 7.40. The van der Waals surface area contributed by atoms with Crippen molar-refractivity contribution < 1.29 is 24.5 Å². The van der Waals surface area contributed by atoms with Gasteiger partial charge in [-0.1, -0.05) is 205 Å². The molecule has 0 aromatic rings. The van der Waals surface area contributed by atoms with Crippen LogP contribution in [0.25, 0.3) is 0 Å². The Morgan fingerprint density at radius 2 is 0.912 bits per heavy atom. The first kappa shape index (κ1) is 55.1. The summed E-state index contributed by atoms with van der Waals surface area (Å²) >= 11 is 0. The van der Waals surface area contributed by atoms with E-state index in [1.807, 2.05) is 0 Å². The number of ether oxygens (including phenoxy) is 1. The highest BCUT2D eigenvalue weighted by atomic mass is 16.5. The predicted molar refractivity (Wildman–Crippen MR) is 246 cm³/mol. The maximum atomic E-state index is 13.1. The van der Waals surface area contributed by atoms with Gasteiger partial charge in [-0.3, -0.25) is 9.59 Å². The molecule has 0 radical (unpaired) electrons. The van der Waals surface area contributed by atoms with E-state index in [4.69, 9.17) is 4.74 Å². The molecule has 0 heterocycles. The van der Waals surface area contributed by atoms with Crippen molar-refractivity contribution in [3.63, 3.8) is 0 Å². The fourth-order valence-corrected chi connectivity index (χ4v) is 7.40. The highest BCUT2D eigenvalue weighted by Gasteiger charge is 2.24. The number of aliphatic hydroxyl groups is 2. The number of rotatable bonds is 44. The summed E-state index contributed by atoms with van der Waals surface area (Å²) in [5.74, 6) is -0.505. The van der Waals surface area contributed by atoms with E-state index >= 15 is 0 Å². The average Bonchev–Trinajstić information content (AvgIpc) is 3.20. The maximum absolute atomic E-state index is 13.1. The van der Waals surface area contributed by atoms with Gasteiger partial charge in [0.25, 0.3) is 0 Å². The van der Waals surface area contributed by atoms with E-state index in [9.17, 15) is 19.8 Å². The lowest BCUT2D eigenvalue weighted by atomic mass is 10.0. The Morgan fingerprint density at radius 1 is 0.509 bits per heavy atom. The summed E-state index contributed by atoms with van der Waals surface area (Å²) in [4.78, 5) is 26.0. The molecule has 0 aromatic carbocycles. The molecule has 0 bridgehead atoms. The second kappa shape index (κ2) is 45.2. The number of hydrogen-bond acceptors (Lipinski definition) is 5. The zero-order valence-corrected chi connectivity index (χ0v) is 38.0. The SMILES string of the molecule is CCCC/C=C\CCCCCC(CC(=O)NC(CO)C(O)CCCCCCCCCCCCC)OC(=O)CCCCCCC/C=C/C=C/CCCCCCCCC. The first-order valence-corrected chi connectivity index (χ1v) is 24.7. The van der Waals surface area contributed by atoms with E-state index in [0.29, 0.717) is 19.3 Å². The number of amides is 1. The smallest absolute Gasteiger partial charge is 0.306 e. The number of unbranched alkanes of at least 4 members (excludes halogenated alkanes) is 27. The Kier molecular flexibility index (Phi) is 43.6. The van der Waals surface area contributed by atoms with Gasteiger partial charge in [0.05, 0.1) is 25.2 Å². The van der Waals surface area contributed by atoms with Crippen LogP contribution in [0.4, 0.5) is 0 Å². The standard InChI is InChI=1S/C51H95NO5/c1-4-7-10-13-16-19-21-22-23-24-25-26-27-29-32-35-38-41-44-51(56)57-47(42-39-36-33-30-18-15-12-9-6-3)45-50(55)52-48(46-53)49(54)43-40-37-34-31-28-20-17-14-11-8-5-2/h15,18,23-26,47-49,53-54H,4-14,16-17,19-22,27-46H2,1-3H3,(H,52,55)/b18-15-,24-23+,26-25+. The molecule has 0 saturated heterocycles. The molecule has 0 aliphatic heterocycles. The molecule has 6 nitrogen and oxygen atoms in total. The first-order chi connectivity index (χ1) is 28.0. The van der Waals surface area contributed by atoms with Crippen LogP contribution >= 0.6 is 0 Å². The van der Waals surface area contributed by atoms with Crippen molar-refractivity contribution in [2.75, 3.05) is 6.61 Å². The van der Waals surface area contributed by atoms with Gasteiger partial charge in [0.2, 0.25) is 5.91 Å². The zero-order valence-electron chi connectivity index (χ0n) is 38.0. The quantitative estimate of drug-likeness (QED) is 0.0247. The molecule has 0 spiro atoms. The minimum absolute atomic E-state index is 0.0617. The van der Waals surface area contributed by atoms with Gasteiger partial charge in [0.1, 0.15) is 6.10 Å². The van der Waals surface area contributed by atoms with Crippen LogP contribution in [0.2, 0.25) is 0 Å². The molecule has 3 unspecified atom stereocenters. The molecule has 0 aliphatic rings. The fraction of sp³-hybridized carbons (Fsp3) is 0.843. The molecule has 0 aromatic heterocycles. The maximum Gasteiger partial charge on any atom is 0.306 e. The van der Waals surface area contributed by atoms with E-state index in [0.717, 1.165) is 83.5 Å². The van der Waals surface area contributed by atoms with Crippen LogP contribution in [-0.2, 0) is 14.3 Å². The number of esters is 1. The molecule has 3 atom stereocenters. The van der Waals surface area contributed by atoms with Gasteiger partial charge < -0.3 is 20.3 Å². The Hall–Kier alpha value is -1.92. The third-order valence-corrected chi connectivity index (χ3v) is 11.2. The van der Waals surface area contributed by atoms with Crippen molar-refractivity contribution in [2.45, 2.75) is 270 Å². The van der Waals surface area contributed by atoms with Gasteiger partial charge >= 0.3 is 5.97 Å². The number of hydrogen-bond donors (Lipinski definition) is 3. The van der Waals surface area contributed by atoms with Crippen molar-refractivity contribution in [3.8, 4) is 0 Å². The molecule has 334 valence electrons. The second-order valence-electron chi connectivity index (χ2n) is 16.9. The molecule has 0 rings (SSSR count). The molecule has 0 fully saturated rings. The van der Waals surface area contributed by atoms with Crippen LogP contribution < -0.4 is 5.32 Å². The van der Waals surface area contributed by atoms with Crippen LogP contribution in [0.15, 0.2) is 36.5 Å². The van der Waals surface area contributed by atoms with E-state index in [1.165, 1.54) is 122 Å². The number of carbonyl (C=O) groups is 2. The summed E-state index contributed by atoms with van der Waals surface area (Å²) in [5.41, 5.74) is 0. The number of carbonyl (C=O) groups excluding carboxylic acids is 2. The lowest BCUT2D eigenvalue weighted by Gasteiger charge is -2.24. The first-order valence-electron chi connectivity index (χ1n) is 24.7. The Labute approximate surface area is 353 Å². The van der Waals surface area contributed by atoms with Crippen molar-refractivity contribution in [1.29, 1.82) is 0 Å². The number of nitrogens with one attached hydrogen (secondary N) is 1. The Morgan fingerprint density at radius 3 is 1.42 bits per heavy atom. The van der Waals surface area contributed by atoms with E-state index in [2.05, 4.69) is 62.5 Å². The highest BCUT2D eigenvalue weighted by molar-refractivity contribution is 5.77. The van der Waals surface area contributed by atoms with Crippen LogP contribution in [-0.4, -0.2) is 46.9 Å². The van der Waals surface area contributed by atoms with Gasteiger partial charge in [-0.05, 0) is 70.6 Å². The molecular formula is C51H95NO5. The van der Waals surface area contributed by atoms with Crippen molar-refractivity contribution in [1.82, 2.24) is 5.32 Å². The van der Waals surface area contributed by atoms with Gasteiger partial charge in [0, 0.05) is 6.42 Å². The van der Waals surface area contributed by atoms with Crippen LogP contribution in [0.5, 0.6) is 0 Å². The molecule has 6 heteroatoms. The molecule has 1 amide bonds. The Balaban J connectivity index is 4.49. The van der Waals surface area contributed by atoms with Gasteiger partial charge in [0.15, 0.2) is 0 Å². The third-order valence-electron chi connectivity index (χ3n) is 11.2. The summed E-state index contributed by atoms with van der Waals surface area (Å²) in [6.07, 6.45) is 52.1. The number of aliphatic hydroxyl groups excluding tert-OH is 2. The lowest BCUT2D eigenvalue weighted by Crippen LogP contribution is -2.46. The number of allylic oxidation sites excluding steroid dienone is 6. The largest absolute Gasteiger partial charge is 0.462 e. The summed E-state index contributed by atoms with van der Waals surface area (Å²) in [5, 5.41) is 23.6. The van der Waals surface area contributed by atoms with Crippen molar-refractivity contribution in [3.05, 3.63) is 36.5 Å². The topological polar surface area (TPSA) is 95.9 Å². The summed E-state index contributed by atoms with van der Waals surface area (Å²) in [6.45, 7) is 6.42. The summed E-state index contributed by atoms with van der Waals surface area (Å²) in [6, 6.07) is -0.705. The highest BCUT2D eigenvalue weighted by Crippen LogP contribution is 2.17. The zero-order chi connectivity index (χ0) is 41.7. The average molecular weight is 802 g/mol. The lowest BCUT2D eigenvalue weighted by molar-refractivity contribution is -0.151. The minimum Gasteiger partial charge on any atom is -0.462 e. The predicted octanol–water partition coefficient (Wildman–Crippen LogP) is 14.5. The molecule has 0 saturated carbocycles. The second-order valence-corrected chi connectivity index (χ2v) is 16.9. The van der Waals surface area contributed by atoms with Gasteiger partial charge in [-0.15, -0.1) is 0 Å². The van der Waals surface area contributed by atoms with E-state index in [-0.39, 0.29) is 24.9 Å².